The van der Waals surface area contributed by atoms with Gasteiger partial charge in [-0.15, -0.1) is 11.3 Å². The van der Waals surface area contributed by atoms with Gasteiger partial charge in [0.25, 0.3) is 0 Å². The van der Waals surface area contributed by atoms with Gasteiger partial charge >= 0.3 is 0 Å². The van der Waals surface area contributed by atoms with E-state index in [1.165, 1.54) is 18.5 Å². The summed E-state index contributed by atoms with van der Waals surface area (Å²) in [4.78, 5) is 6.94. The molecule has 0 aromatic carbocycles. The Labute approximate surface area is 116 Å². The summed E-state index contributed by atoms with van der Waals surface area (Å²) in [7, 11) is 4.24. The zero-order valence-electron chi connectivity index (χ0n) is 12.4. The standard InChI is InChI=1S/C14H27N3S/c1-6-14(7-2,10-15-4)11-17(5)8-13-9-18-12(3)16-13/h9,15H,6-8,10-11H2,1-5H3. The lowest BCUT2D eigenvalue weighted by Gasteiger charge is -2.35. The molecule has 0 radical (unpaired) electrons. The predicted molar refractivity (Wildman–Crippen MR) is 80.1 cm³/mol. The van der Waals surface area contributed by atoms with Crippen LogP contribution in [-0.2, 0) is 6.54 Å². The van der Waals surface area contributed by atoms with Crippen LogP contribution in [0.25, 0.3) is 0 Å². The van der Waals surface area contributed by atoms with Gasteiger partial charge in [0.05, 0.1) is 10.7 Å². The molecule has 1 heterocycles. The minimum Gasteiger partial charge on any atom is -0.319 e. The van der Waals surface area contributed by atoms with Gasteiger partial charge in [-0.2, -0.15) is 0 Å². The molecule has 0 aliphatic rings. The van der Waals surface area contributed by atoms with Gasteiger partial charge in [-0.05, 0) is 39.3 Å². The lowest BCUT2D eigenvalue weighted by atomic mass is 9.81. The molecule has 1 rings (SSSR count). The predicted octanol–water partition coefficient (Wildman–Crippen LogP) is 2.91. The molecule has 0 amide bonds. The summed E-state index contributed by atoms with van der Waals surface area (Å²) < 4.78 is 0. The largest absolute Gasteiger partial charge is 0.319 e. The van der Waals surface area contributed by atoms with Crippen LogP contribution in [0.3, 0.4) is 0 Å². The molecule has 104 valence electrons. The summed E-state index contributed by atoms with van der Waals surface area (Å²) in [5, 5.41) is 6.67. The van der Waals surface area contributed by atoms with Crippen LogP contribution < -0.4 is 5.32 Å². The zero-order chi connectivity index (χ0) is 13.6. The summed E-state index contributed by atoms with van der Waals surface area (Å²) >= 11 is 1.74. The molecule has 0 saturated carbocycles. The second-order valence-electron chi connectivity index (χ2n) is 5.27. The molecule has 3 nitrogen and oxygen atoms in total. The van der Waals surface area contributed by atoms with Gasteiger partial charge in [0, 0.05) is 25.0 Å². The summed E-state index contributed by atoms with van der Waals surface area (Å²) in [6.07, 6.45) is 2.43. The van der Waals surface area contributed by atoms with E-state index >= 15 is 0 Å². The highest BCUT2D eigenvalue weighted by Gasteiger charge is 2.27. The van der Waals surface area contributed by atoms with Crippen molar-refractivity contribution in [2.24, 2.45) is 5.41 Å². The second kappa shape index (κ2) is 7.22. The molecule has 4 heteroatoms. The minimum absolute atomic E-state index is 0.383. The van der Waals surface area contributed by atoms with E-state index in [0.29, 0.717) is 5.41 Å². The van der Waals surface area contributed by atoms with Crippen LogP contribution in [0.15, 0.2) is 5.38 Å². The smallest absolute Gasteiger partial charge is 0.0897 e. The van der Waals surface area contributed by atoms with E-state index in [2.05, 4.69) is 48.4 Å². The Morgan fingerprint density at radius 1 is 1.39 bits per heavy atom. The lowest BCUT2D eigenvalue weighted by molar-refractivity contribution is 0.152. The van der Waals surface area contributed by atoms with Crippen molar-refractivity contribution in [2.75, 3.05) is 27.2 Å². The zero-order valence-corrected chi connectivity index (χ0v) is 13.2. The van der Waals surface area contributed by atoms with E-state index in [1.807, 2.05) is 7.05 Å². The van der Waals surface area contributed by atoms with Gasteiger partial charge in [-0.25, -0.2) is 4.98 Å². The van der Waals surface area contributed by atoms with Crippen molar-refractivity contribution in [1.29, 1.82) is 0 Å². The highest BCUT2D eigenvalue weighted by molar-refractivity contribution is 7.09. The van der Waals surface area contributed by atoms with Crippen molar-refractivity contribution in [2.45, 2.75) is 40.2 Å². The molecule has 0 saturated heterocycles. The Hall–Kier alpha value is -0.450. The molecular formula is C14H27N3S. The highest BCUT2D eigenvalue weighted by atomic mass is 32.1. The number of hydrogen-bond acceptors (Lipinski definition) is 4. The van der Waals surface area contributed by atoms with Gasteiger partial charge in [0.1, 0.15) is 0 Å². The van der Waals surface area contributed by atoms with Crippen LogP contribution in [-0.4, -0.2) is 37.1 Å². The molecule has 18 heavy (non-hydrogen) atoms. The first kappa shape index (κ1) is 15.6. The Kier molecular flexibility index (Phi) is 6.26. The number of aryl methyl sites for hydroxylation is 1. The van der Waals surface area contributed by atoms with E-state index in [9.17, 15) is 0 Å². The van der Waals surface area contributed by atoms with Crippen LogP contribution >= 0.6 is 11.3 Å². The highest BCUT2D eigenvalue weighted by Crippen LogP contribution is 2.27. The van der Waals surface area contributed by atoms with E-state index < -0.39 is 0 Å². The lowest BCUT2D eigenvalue weighted by Crippen LogP contribution is -2.41. The number of nitrogens with zero attached hydrogens (tertiary/aromatic N) is 2. The maximum atomic E-state index is 4.54. The maximum Gasteiger partial charge on any atom is 0.0897 e. The summed E-state index contributed by atoms with van der Waals surface area (Å²) in [5.41, 5.74) is 1.58. The number of aromatic nitrogens is 1. The second-order valence-corrected chi connectivity index (χ2v) is 6.33. The van der Waals surface area contributed by atoms with Crippen molar-refractivity contribution in [3.05, 3.63) is 16.1 Å². The topological polar surface area (TPSA) is 28.2 Å². The number of hydrogen-bond donors (Lipinski definition) is 1. The summed E-state index contributed by atoms with van der Waals surface area (Å²) in [6, 6.07) is 0. The maximum absolute atomic E-state index is 4.54. The molecule has 1 aromatic rings. The van der Waals surface area contributed by atoms with Gasteiger partial charge in [-0.1, -0.05) is 13.8 Å². The third-order valence-corrected chi connectivity index (χ3v) is 4.58. The Morgan fingerprint density at radius 3 is 2.50 bits per heavy atom. The number of rotatable bonds is 8. The first-order valence-electron chi connectivity index (χ1n) is 6.79. The molecule has 0 aliphatic heterocycles. The first-order chi connectivity index (χ1) is 8.55. The van der Waals surface area contributed by atoms with Crippen LogP contribution in [0.5, 0.6) is 0 Å². The molecule has 0 aliphatic carbocycles. The van der Waals surface area contributed by atoms with Gasteiger partial charge in [0.2, 0.25) is 0 Å². The molecule has 1 aromatic heterocycles. The first-order valence-corrected chi connectivity index (χ1v) is 7.67. The van der Waals surface area contributed by atoms with E-state index in [4.69, 9.17) is 0 Å². The van der Waals surface area contributed by atoms with Crippen molar-refractivity contribution in [3.8, 4) is 0 Å². The average molecular weight is 269 g/mol. The van der Waals surface area contributed by atoms with Crippen molar-refractivity contribution >= 4 is 11.3 Å². The Morgan fingerprint density at radius 2 is 2.06 bits per heavy atom. The third kappa shape index (κ3) is 4.34. The fraction of sp³-hybridized carbons (Fsp3) is 0.786. The molecule has 0 bridgehead atoms. The minimum atomic E-state index is 0.383. The van der Waals surface area contributed by atoms with E-state index in [1.54, 1.807) is 11.3 Å². The monoisotopic (exact) mass is 269 g/mol. The fourth-order valence-corrected chi connectivity index (χ4v) is 3.14. The van der Waals surface area contributed by atoms with Crippen LogP contribution in [0, 0.1) is 12.3 Å². The Bertz CT molecular complexity index is 345. The SMILES string of the molecule is CCC(CC)(CNC)CN(C)Cc1csc(C)n1. The van der Waals surface area contributed by atoms with Crippen LogP contribution in [0.4, 0.5) is 0 Å². The van der Waals surface area contributed by atoms with Gasteiger partial charge in [-0.3, -0.25) is 4.90 Å². The van der Waals surface area contributed by atoms with Gasteiger partial charge in [0.15, 0.2) is 0 Å². The molecule has 0 atom stereocenters. The van der Waals surface area contributed by atoms with Gasteiger partial charge < -0.3 is 5.32 Å². The van der Waals surface area contributed by atoms with Crippen molar-refractivity contribution in [1.82, 2.24) is 15.2 Å². The van der Waals surface area contributed by atoms with Crippen LogP contribution in [0.1, 0.15) is 37.4 Å². The number of nitrogens with one attached hydrogen (secondary N) is 1. The summed E-state index contributed by atoms with van der Waals surface area (Å²) in [5.74, 6) is 0. The number of thiazole rings is 1. The normalized spacial score (nSPS) is 12.3. The molecule has 0 unspecified atom stereocenters. The fourth-order valence-electron chi connectivity index (χ4n) is 2.54. The molecule has 0 fully saturated rings. The third-order valence-electron chi connectivity index (χ3n) is 3.76. The molecule has 0 spiro atoms. The van der Waals surface area contributed by atoms with E-state index in [-0.39, 0.29) is 0 Å². The quantitative estimate of drug-likeness (QED) is 0.786. The van der Waals surface area contributed by atoms with Crippen LogP contribution in [0.2, 0.25) is 0 Å². The summed E-state index contributed by atoms with van der Waals surface area (Å²) in [6.45, 7) is 9.81. The van der Waals surface area contributed by atoms with E-state index in [0.717, 1.165) is 24.6 Å². The Balaban J connectivity index is 2.58. The molecule has 1 N–H and O–H groups in total. The van der Waals surface area contributed by atoms with Crippen molar-refractivity contribution in [3.63, 3.8) is 0 Å². The average Bonchev–Trinajstić information content (AvgIpc) is 2.74. The van der Waals surface area contributed by atoms with Crippen molar-refractivity contribution < 1.29 is 0 Å². The molecular weight excluding hydrogens is 242 g/mol.